The standard InChI is InChI=1S/C19H22F2N2O3/c1-23(16-5-3-4-6-17(16)25-2)13-18(24)22-12-11-14-7-9-15(10-8-14)26-19(20)21/h3-10,19H,11-13H2,1-2H3,(H,22,24). The zero-order chi connectivity index (χ0) is 18.9. The maximum atomic E-state index is 12.1. The maximum Gasteiger partial charge on any atom is 0.387 e. The minimum atomic E-state index is -2.83. The van der Waals surface area contributed by atoms with E-state index in [1.54, 1.807) is 19.2 Å². The van der Waals surface area contributed by atoms with Crippen LogP contribution in [0.25, 0.3) is 0 Å². The Morgan fingerprint density at radius 1 is 1.15 bits per heavy atom. The molecule has 2 rings (SSSR count). The molecule has 0 bridgehead atoms. The van der Waals surface area contributed by atoms with Gasteiger partial charge in [0.05, 0.1) is 19.3 Å². The Kier molecular flexibility index (Phi) is 7.20. The zero-order valence-electron chi connectivity index (χ0n) is 14.7. The summed E-state index contributed by atoms with van der Waals surface area (Å²) in [5.74, 6) is 0.705. The quantitative estimate of drug-likeness (QED) is 0.743. The zero-order valence-corrected chi connectivity index (χ0v) is 14.7. The summed E-state index contributed by atoms with van der Waals surface area (Å²) < 4.78 is 33.8. The van der Waals surface area contributed by atoms with Crippen LogP contribution in [-0.2, 0) is 11.2 Å². The number of hydrogen-bond donors (Lipinski definition) is 1. The van der Waals surface area contributed by atoms with Crippen LogP contribution in [0.5, 0.6) is 11.5 Å². The minimum Gasteiger partial charge on any atom is -0.495 e. The van der Waals surface area contributed by atoms with Gasteiger partial charge in [0.25, 0.3) is 0 Å². The summed E-state index contributed by atoms with van der Waals surface area (Å²) in [5, 5.41) is 2.84. The van der Waals surface area contributed by atoms with Gasteiger partial charge in [-0.2, -0.15) is 8.78 Å². The number of carbonyl (C=O) groups is 1. The number of likely N-dealkylation sites (N-methyl/N-ethyl adjacent to an activating group) is 1. The van der Waals surface area contributed by atoms with Gasteiger partial charge in [-0.1, -0.05) is 24.3 Å². The number of hydrogen-bond acceptors (Lipinski definition) is 4. The molecule has 1 amide bonds. The molecule has 0 saturated heterocycles. The normalized spacial score (nSPS) is 10.5. The van der Waals surface area contributed by atoms with E-state index in [1.165, 1.54) is 12.1 Å². The van der Waals surface area contributed by atoms with Gasteiger partial charge in [-0.25, -0.2) is 0 Å². The van der Waals surface area contributed by atoms with E-state index in [4.69, 9.17) is 4.74 Å². The molecule has 2 aromatic rings. The third-order valence-electron chi connectivity index (χ3n) is 3.76. The third kappa shape index (κ3) is 5.91. The monoisotopic (exact) mass is 364 g/mol. The van der Waals surface area contributed by atoms with Gasteiger partial charge >= 0.3 is 6.61 Å². The molecule has 140 valence electrons. The molecule has 2 aromatic carbocycles. The van der Waals surface area contributed by atoms with Crippen molar-refractivity contribution in [2.24, 2.45) is 0 Å². The largest absolute Gasteiger partial charge is 0.495 e. The number of halogens is 2. The number of nitrogens with zero attached hydrogens (tertiary/aromatic N) is 1. The van der Waals surface area contributed by atoms with Crippen LogP contribution >= 0.6 is 0 Å². The Labute approximate surface area is 151 Å². The maximum absolute atomic E-state index is 12.1. The van der Waals surface area contributed by atoms with Gasteiger partial charge in [-0.05, 0) is 36.2 Å². The van der Waals surface area contributed by atoms with Crippen molar-refractivity contribution in [3.05, 3.63) is 54.1 Å². The summed E-state index contributed by atoms with van der Waals surface area (Å²) in [6.07, 6.45) is 0.596. The van der Waals surface area contributed by atoms with E-state index in [9.17, 15) is 13.6 Å². The number of ether oxygens (including phenoxy) is 2. The van der Waals surface area contributed by atoms with Crippen molar-refractivity contribution in [1.29, 1.82) is 0 Å². The molecule has 0 aliphatic heterocycles. The van der Waals surface area contributed by atoms with Crippen LogP contribution in [0.1, 0.15) is 5.56 Å². The smallest absolute Gasteiger partial charge is 0.387 e. The minimum absolute atomic E-state index is 0.115. The number of benzene rings is 2. The fourth-order valence-electron chi connectivity index (χ4n) is 2.49. The molecule has 0 radical (unpaired) electrons. The van der Waals surface area contributed by atoms with Crippen molar-refractivity contribution in [3.8, 4) is 11.5 Å². The Balaban J connectivity index is 1.78. The fraction of sp³-hybridized carbons (Fsp3) is 0.316. The summed E-state index contributed by atoms with van der Waals surface area (Å²) in [4.78, 5) is 13.9. The van der Waals surface area contributed by atoms with Crippen LogP contribution in [0, 0.1) is 0 Å². The number of para-hydroxylation sites is 2. The molecule has 0 aromatic heterocycles. The van der Waals surface area contributed by atoms with E-state index < -0.39 is 6.61 Å². The molecule has 0 saturated carbocycles. The van der Waals surface area contributed by atoms with Crippen molar-refractivity contribution in [2.45, 2.75) is 13.0 Å². The number of nitrogens with one attached hydrogen (secondary N) is 1. The van der Waals surface area contributed by atoms with Gasteiger partial charge in [0.2, 0.25) is 5.91 Å². The average Bonchev–Trinajstić information content (AvgIpc) is 2.62. The first kappa shape index (κ1) is 19.5. The summed E-state index contributed by atoms with van der Waals surface area (Å²) in [5.41, 5.74) is 1.75. The van der Waals surface area contributed by atoms with Gasteiger partial charge in [-0.3, -0.25) is 4.79 Å². The lowest BCUT2D eigenvalue weighted by Gasteiger charge is -2.21. The first-order chi connectivity index (χ1) is 12.5. The molecule has 0 aliphatic carbocycles. The van der Waals surface area contributed by atoms with Crippen molar-refractivity contribution in [1.82, 2.24) is 5.32 Å². The molecule has 7 heteroatoms. The second-order valence-electron chi connectivity index (χ2n) is 5.65. The lowest BCUT2D eigenvalue weighted by molar-refractivity contribution is -0.119. The van der Waals surface area contributed by atoms with E-state index in [1.807, 2.05) is 36.2 Å². The first-order valence-electron chi connectivity index (χ1n) is 8.14. The third-order valence-corrected chi connectivity index (χ3v) is 3.76. The average molecular weight is 364 g/mol. The molecule has 0 atom stereocenters. The summed E-state index contributed by atoms with van der Waals surface area (Å²) in [6.45, 7) is -2.18. The molecule has 1 N–H and O–H groups in total. The van der Waals surface area contributed by atoms with Gasteiger partial charge in [0.1, 0.15) is 11.5 Å². The van der Waals surface area contributed by atoms with Crippen LogP contribution in [0.4, 0.5) is 14.5 Å². The van der Waals surface area contributed by atoms with Crippen LogP contribution in [0.3, 0.4) is 0 Å². The number of anilines is 1. The van der Waals surface area contributed by atoms with Crippen LogP contribution < -0.4 is 19.7 Å². The van der Waals surface area contributed by atoms with Crippen molar-refractivity contribution >= 4 is 11.6 Å². The predicted molar refractivity (Wildman–Crippen MR) is 96.1 cm³/mol. The molecule has 0 spiro atoms. The molecule has 0 aliphatic rings. The van der Waals surface area contributed by atoms with Gasteiger partial charge < -0.3 is 19.7 Å². The van der Waals surface area contributed by atoms with Crippen molar-refractivity contribution < 1.29 is 23.0 Å². The Bertz CT molecular complexity index is 708. The van der Waals surface area contributed by atoms with Crippen LogP contribution in [0.2, 0.25) is 0 Å². The molecule has 0 unspecified atom stereocenters. The highest BCUT2D eigenvalue weighted by Gasteiger charge is 2.11. The lowest BCUT2D eigenvalue weighted by atomic mass is 10.1. The number of alkyl halides is 2. The number of methoxy groups -OCH3 is 1. The van der Waals surface area contributed by atoms with Crippen LogP contribution in [-0.4, -0.2) is 39.8 Å². The predicted octanol–water partition coefficient (Wildman–Crippen LogP) is 3.09. The second kappa shape index (κ2) is 9.60. The number of carbonyl (C=O) groups excluding carboxylic acids is 1. The Hall–Kier alpha value is -2.83. The van der Waals surface area contributed by atoms with E-state index in [2.05, 4.69) is 10.1 Å². The highest BCUT2D eigenvalue weighted by atomic mass is 19.3. The summed E-state index contributed by atoms with van der Waals surface area (Å²) in [7, 11) is 3.41. The summed E-state index contributed by atoms with van der Waals surface area (Å²) >= 11 is 0. The van der Waals surface area contributed by atoms with Crippen molar-refractivity contribution in [2.75, 3.05) is 32.1 Å². The first-order valence-corrected chi connectivity index (χ1v) is 8.14. The SMILES string of the molecule is COc1ccccc1N(C)CC(=O)NCCc1ccc(OC(F)F)cc1. The van der Waals surface area contributed by atoms with Gasteiger partial charge in [0, 0.05) is 13.6 Å². The molecule has 26 heavy (non-hydrogen) atoms. The highest BCUT2D eigenvalue weighted by Crippen LogP contribution is 2.26. The molecule has 0 heterocycles. The highest BCUT2D eigenvalue weighted by molar-refractivity contribution is 5.81. The second-order valence-corrected chi connectivity index (χ2v) is 5.65. The molecular formula is C19H22F2N2O3. The molecular weight excluding hydrogens is 342 g/mol. The summed E-state index contributed by atoms with van der Waals surface area (Å²) in [6, 6.07) is 13.8. The fourth-order valence-corrected chi connectivity index (χ4v) is 2.49. The Morgan fingerprint density at radius 3 is 2.50 bits per heavy atom. The van der Waals surface area contributed by atoms with E-state index >= 15 is 0 Å². The Morgan fingerprint density at radius 2 is 1.85 bits per heavy atom. The lowest BCUT2D eigenvalue weighted by Crippen LogP contribution is -2.36. The van der Waals surface area contributed by atoms with Crippen molar-refractivity contribution in [3.63, 3.8) is 0 Å². The van der Waals surface area contributed by atoms with E-state index in [-0.39, 0.29) is 18.2 Å². The number of amides is 1. The van der Waals surface area contributed by atoms with E-state index in [0.29, 0.717) is 18.7 Å². The molecule has 5 nitrogen and oxygen atoms in total. The molecule has 0 fully saturated rings. The van der Waals surface area contributed by atoms with Gasteiger partial charge in [0.15, 0.2) is 0 Å². The topological polar surface area (TPSA) is 50.8 Å². The van der Waals surface area contributed by atoms with Gasteiger partial charge in [-0.15, -0.1) is 0 Å². The van der Waals surface area contributed by atoms with E-state index in [0.717, 1.165) is 11.3 Å². The number of rotatable bonds is 9. The van der Waals surface area contributed by atoms with Crippen LogP contribution in [0.15, 0.2) is 48.5 Å².